The van der Waals surface area contributed by atoms with Crippen molar-refractivity contribution in [2.45, 2.75) is 13.2 Å². The van der Waals surface area contributed by atoms with Gasteiger partial charge in [-0.2, -0.15) is 5.26 Å². The summed E-state index contributed by atoms with van der Waals surface area (Å²) in [6.07, 6.45) is 0. The molecule has 4 rings (SSSR count). The summed E-state index contributed by atoms with van der Waals surface area (Å²) in [5.41, 5.74) is 3.07. The standard InChI is InChI=1S/C19H12N4O3S/c20-7-8-23-17(22-14-4-2-1-3-13(14)18(23)24)10-26-19(25)12-5-6-15-16(9-12)27-11-21-15/h1-6,9,11H,8,10H2. The number of hydrogen-bond acceptors (Lipinski definition) is 7. The van der Waals surface area contributed by atoms with Crippen LogP contribution >= 0.6 is 11.3 Å². The van der Waals surface area contributed by atoms with Crippen molar-refractivity contribution in [1.29, 1.82) is 5.26 Å². The molecule has 0 radical (unpaired) electrons. The molecule has 8 heteroatoms. The first-order chi connectivity index (χ1) is 13.2. The molecule has 0 saturated carbocycles. The topological polar surface area (TPSA) is 97.9 Å². The maximum Gasteiger partial charge on any atom is 0.338 e. The number of benzene rings is 2. The predicted octanol–water partition coefficient (Wildman–Crippen LogP) is 2.89. The van der Waals surface area contributed by atoms with E-state index in [1.54, 1.807) is 48.0 Å². The first kappa shape index (κ1) is 16.9. The predicted molar refractivity (Wildman–Crippen MR) is 100 cm³/mol. The van der Waals surface area contributed by atoms with E-state index in [2.05, 4.69) is 9.97 Å². The average molecular weight is 376 g/mol. The van der Waals surface area contributed by atoms with Gasteiger partial charge in [-0.15, -0.1) is 11.3 Å². The molecule has 0 spiro atoms. The van der Waals surface area contributed by atoms with E-state index < -0.39 is 5.97 Å². The molecule has 0 aliphatic rings. The Morgan fingerprint density at radius 3 is 2.93 bits per heavy atom. The van der Waals surface area contributed by atoms with Crippen LogP contribution in [0.5, 0.6) is 0 Å². The monoisotopic (exact) mass is 376 g/mol. The summed E-state index contributed by atoms with van der Waals surface area (Å²) in [7, 11) is 0. The molecule has 4 aromatic rings. The number of nitrogens with zero attached hydrogens (tertiary/aromatic N) is 4. The van der Waals surface area contributed by atoms with Gasteiger partial charge in [0.05, 0.1) is 38.3 Å². The lowest BCUT2D eigenvalue weighted by molar-refractivity contribution is 0.0457. The summed E-state index contributed by atoms with van der Waals surface area (Å²) in [6.45, 7) is -0.377. The summed E-state index contributed by atoms with van der Waals surface area (Å²) in [5, 5.41) is 9.44. The first-order valence-corrected chi connectivity index (χ1v) is 8.91. The van der Waals surface area contributed by atoms with E-state index in [-0.39, 0.29) is 24.5 Å². The number of thiazole rings is 1. The van der Waals surface area contributed by atoms with E-state index in [4.69, 9.17) is 10.00 Å². The molecule has 0 unspecified atom stereocenters. The van der Waals surface area contributed by atoms with Gasteiger partial charge in [-0.25, -0.2) is 14.8 Å². The van der Waals surface area contributed by atoms with Crippen LogP contribution in [-0.4, -0.2) is 20.5 Å². The van der Waals surface area contributed by atoms with Crippen molar-refractivity contribution in [2.75, 3.05) is 0 Å². The molecule has 0 atom stereocenters. The number of aromatic nitrogens is 3. The lowest BCUT2D eigenvalue weighted by Crippen LogP contribution is -2.26. The van der Waals surface area contributed by atoms with Crippen LogP contribution < -0.4 is 5.56 Å². The summed E-state index contributed by atoms with van der Waals surface area (Å²) in [5.74, 6) is -0.302. The molecule has 2 aromatic heterocycles. The first-order valence-electron chi connectivity index (χ1n) is 8.03. The van der Waals surface area contributed by atoms with Crippen LogP contribution in [0, 0.1) is 11.3 Å². The van der Waals surface area contributed by atoms with E-state index >= 15 is 0 Å². The second-order valence-electron chi connectivity index (χ2n) is 5.71. The Morgan fingerprint density at radius 2 is 2.07 bits per heavy atom. The van der Waals surface area contributed by atoms with E-state index in [1.165, 1.54) is 15.9 Å². The summed E-state index contributed by atoms with van der Waals surface area (Å²) in [4.78, 5) is 33.5. The third kappa shape index (κ3) is 3.16. The molecule has 2 aromatic carbocycles. The van der Waals surface area contributed by atoms with E-state index in [9.17, 15) is 9.59 Å². The molecule has 0 saturated heterocycles. The van der Waals surface area contributed by atoms with Gasteiger partial charge in [0, 0.05) is 0 Å². The molecule has 0 aliphatic heterocycles. The van der Waals surface area contributed by atoms with Crippen molar-refractivity contribution < 1.29 is 9.53 Å². The third-order valence-corrected chi connectivity index (χ3v) is 4.86. The number of ether oxygens (including phenoxy) is 1. The highest BCUT2D eigenvalue weighted by Crippen LogP contribution is 2.20. The minimum atomic E-state index is -0.531. The Morgan fingerprint density at radius 1 is 1.22 bits per heavy atom. The van der Waals surface area contributed by atoms with Crippen LogP contribution in [0.2, 0.25) is 0 Å². The second-order valence-corrected chi connectivity index (χ2v) is 6.59. The largest absolute Gasteiger partial charge is 0.454 e. The number of fused-ring (bicyclic) bond motifs is 2. The maximum atomic E-state index is 12.6. The van der Waals surface area contributed by atoms with Crippen molar-refractivity contribution in [3.8, 4) is 6.07 Å². The van der Waals surface area contributed by atoms with E-state index in [1.807, 2.05) is 6.07 Å². The van der Waals surface area contributed by atoms with Crippen LogP contribution in [0.4, 0.5) is 0 Å². The number of nitriles is 1. The number of para-hydroxylation sites is 1. The highest BCUT2D eigenvalue weighted by molar-refractivity contribution is 7.16. The molecule has 27 heavy (non-hydrogen) atoms. The zero-order chi connectivity index (χ0) is 18.8. The van der Waals surface area contributed by atoms with Gasteiger partial charge in [-0.05, 0) is 30.3 Å². The summed E-state index contributed by atoms with van der Waals surface area (Å²) in [6, 6.07) is 13.9. The Bertz CT molecular complexity index is 1270. The van der Waals surface area contributed by atoms with Crippen molar-refractivity contribution in [3.63, 3.8) is 0 Å². The normalized spacial score (nSPS) is 10.8. The molecule has 0 amide bonds. The van der Waals surface area contributed by atoms with Crippen LogP contribution in [0.15, 0.2) is 52.8 Å². The SMILES string of the molecule is N#CCn1c(COC(=O)c2ccc3ncsc3c2)nc2ccccc2c1=O. The Kier molecular flexibility index (Phi) is 4.36. The zero-order valence-corrected chi connectivity index (χ0v) is 14.8. The Balaban J connectivity index is 1.64. The van der Waals surface area contributed by atoms with Gasteiger partial charge in [-0.1, -0.05) is 12.1 Å². The fourth-order valence-electron chi connectivity index (χ4n) is 2.75. The maximum absolute atomic E-state index is 12.6. The summed E-state index contributed by atoms with van der Waals surface area (Å²) < 4.78 is 7.45. The van der Waals surface area contributed by atoms with Gasteiger partial charge >= 0.3 is 5.97 Å². The fourth-order valence-corrected chi connectivity index (χ4v) is 3.47. The number of esters is 1. The van der Waals surface area contributed by atoms with Crippen molar-refractivity contribution in [2.24, 2.45) is 0 Å². The molecule has 2 heterocycles. The van der Waals surface area contributed by atoms with E-state index in [0.29, 0.717) is 16.5 Å². The molecule has 0 N–H and O–H groups in total. The van der Waals surface area contributed by atoms with Crippen molar-refractivity contribution in [1.82, 2.24) is 14.5 Å². The van der Waals surface area contributed by atoms with Gasteiger partial charge in [0.15, 0.2) is 5.82 Å². The van der Waals surface area contributed by atoms with Gasteiger partial charge in [0.1, 0.15) is 13.2 Å². The van der Waals surface area contributed by atoms with Gasteiger partial charge < -0.3 is 4.74 Å². The minimum Gasteiger partial charge on any atom is -0.454 e. The highest BCUT2D eigenvalue weighted by Gasteiger charge is 2.14. The lowest BCUT2D eigenvalue weighted by atomic mass is 10.2. The molecule has 7 nitrogen and oxygen atoms in total. The highest BCUT2D eigenvalue weighted by atomic mass is 32.1. The third-order valence-electron chi connectivity index (χ3n) is 4.07. The van der Waals surface area contributed by atoms with Crippen LogP contribution in [0.25, 0.3) is 21.1 Å². The molecule has 132 valence electrons. The van der Waals surface area contributed by atoms with Gasteiger partial charge in [0.2, 0.25) is 0 Å². The second kappa shape index (κ2) is 6.97. The number of carbonyl (C=O) groups excluding carboxylic acids is 1. The van der Waals surface area contributed by atoms with Crippen LogP contribution in [0.3, 0.4) is 0 Å². The number of hydrogen-bond donors (Lipinski definition) is 0. The quantitative estimate of drug-likeness (QED) is 0.508. The van der Waals surface area contributed by atoms with Crippen LogP contribution in [-0.2, 0) is 17.9 Å². The van der Waals surface area contributed by atoms with Gasteiger partial charge in [-0.3, -0.25) is 9.36 Å². The minimum absolute atomic E-state index is 0.170. The van der Waals surface area contributed by atoms with Gasteiger partial charge in [0.25, 0.3) is 5.56 Å². The fraction of sp³-hybridized carbons (Fsp3) is 0.105. The summed E-state index contributed by atoms with van der Waals surface area (Å²) >= 11 is 1.43. The molecule has 0 bridgehead atoms. The average Bonchev–Trinajstić information content (AvgIpc) is 3.16. The zero-order valence-electron chi connectivity index (χ0n) is 14.0. The van der Waals surface area contributed by atoms with E-state index in [0.717, 1.165) is 10.2 Å². The number of rotatable bonds is 4. The van der Waals surface area contributed by atoms with Crippen molar-refractivity contribution in [3.05, 3.63) is 69.7 Å². The van der Waals surface area contributed by atoms with Crippen LogP contribution in [0.1, 0.15) is 16.2 Å². The molecule has 0 fully saturated rings. The molecule has 0 aliphatic carbocycles. The molecular weight excluding hydrogens is 364 g/mol. The lowest BCUT2D eigenvalue weighted by Gasteiger charge is -2.11. The molecular formula is C19H12N4O3S. The number of carbonyl (C=O) groups is 1. The van der Waals surface area contributed by atoms with Crippen molar-refractivity contribution >= 4 is 38.4 Å². The smallest absolute Gasteiger partial charge is 0.338 e. The Labute approximate surface area is 157 Å². The Hall–Kier alpha value is -3.57.